The number of hydrogen-bond acceptors (Lipinski definition) is 5. The van der Waals surface area contributed by atoms with Gasteiger partial charge in [0.05, 0.1) is 16.7 Å². The van der Waals surface area contributed by atoms with E-state index in [1.165, 1.54) is 18.2 Å². The van der Waals surface area contributed by atoms with Crippen LogP contribution in [0.2, 0.25) is 0 Å². The molecular weight excluding hydrogens is 286 g/mol. The molecule has 0 radical (unpaired) electrons. The molecule has 1 aromatic rings. The van der Waals surface area contributed by atoms with E-state index in [0.29, 0.717) is 5.92 Å². The topological polar surface area (TPSA) is 95.7 Å². The van der Waals surface area contributed by atoms with Crippen LogP contribution in [-0.2, 0) is 4.79 Å². The zero-order chi connectivity index (χ0) is 15.7. The minimum absolute atomic E-state index is 0.101. The molecule has 1 amide bonds. The maximum atomic E-state index is 12.6. The van der Waals surface area contributed by atoms with Crippen molar-refractivity contribution in [2.75, 3.05) is 18.4 Å². The Morgan fingerprint density at radius 1 is 1.36 bits per heavy atom. The molecule has 118 valence electrons. The fraction of sp³-hybridized carbons (Fsp3) is 0.533. The lowest BCUT2D eigenvalue weighted by molar-refractivity contribution is -0.384. The Hall–Kier alpha value is -2.15. The number of carbonyl (C=O) groups excluding carboxylic acids is 1. The second kappa shape index (κ2) is 5.92. The summed E-state index contributed by atoms with van der Waals surface area (Å²) < 4.78 is 0. The molecule has 3 rings (SSSR count). The first kappa shape index (κ1) is 14.8. The number of carbonyl (C=O) groups is 1. The molecule has 1 heterocycles. The Balaban J connectivity index is 1.77. The van der Waals surface area contributed by atoms with Gasteiger partial charge in [0.2, 0.25) is 5.91 Å². The number of amides is 1. The van der Waals surface area contributed by atoms with Crippen LogP contribution >= 0.6 is 0 Å². The van der Waals surface area contributed by atoms with Crippen molar-refractivity contribution >= 4 is 17.3 Å². The first-order chi connectivity index (χ1) is 10.6. The Labute approximate surface area is 128 Å². The van der Waals surface area contributed by atoms with Gasteiger partial charge in [-0.2, -0.15) is 0 Å². The van der Waals surface area contributed by atoms with E-state index in [1.54, 1.807) is 0 Å². The second-order valence-electron chi connectivity index (χ2n) is 5.97. The molecule has 2 aliphatic rings. The lowest BCUT2D eigenvalue weighted by atomic mass is 10.1. The molecular formula is C15H19N3O4. The molecule has 0 spiro atoms. The van der Waals surface area contributed by atoms with Gasteiger partial charge >= 0.3 is 0 Å². The molecule has 7 nitrogen and oxygen atoms in total. The monoisotopic (exact) mass is 305 g/mol. The average Bonchev–Trinajstić information content (AvgIpc) is 3.15. The number of benzene rings is 1. The van der Waals surface area contributed by atoms with E-state index in [1.807, 2.05) is 0 Å². The van der Waals surface area contributed by atoms with Crippen LogP contribution in [0, 0.1) is 16.0 Å². The van der Waals surface area contributed by atoms with Gasteiger partial charge in [-0.15, -0.1) is 0 Å². The molecule has 0 aromatic heterocycles. The number of nitro benzene ring substituents is 1. The molecule has 2 fully saturated rings. The van der Waals surface area contributed by atoms with Crippen molar-refractivity contribution in [1.82, 2.24) is 4.90 Å². The molecule has 1 saturated heterocycles. The summed E-state index contributed by atoms with van der Waals surface area (Å²) >= 11 is 0. The van der Waals surface area contributed by atoms with Crippen molar-refractivity contribution in [1.29, 1.82) is 0 Å². The van der Waals surface area contributed by atoms with Crippen LogP contribution in [0.25, 0.3) is 0 Å². The highest BCUT2D eigenvalue weighted by atomic mass is 16.6. The minimum Gasteiger partial charge on any atom is -0.506 e. The molecule has 0 bridgehead atoms. The fourth-order valence-corrected chi connectivity index (χ4v) is 3.05. The third-order valence-electron chi connectivity index (χ3n) is 4.32. The first-order valence-corrected chi connectivity index (χ1v) is 7.58. The summed E-state index contributed by atoms with van der Waals surface area (Å²) in [6, 6.07) is 3.45. The van der Waals surface area contributed by atoms with Gasteiger partial charge in [0.1, 0.15) is 5.75 Å². The Morgan fingerprint density at radius 3 is 2.64 bits per heavy atom. The number of nitrogens with one attached hydrogen (secondary N) is 1. The van der Waals surface area contributed by atoms with Gasteiger partial charge in [-0.3, -0.25) is 19.8 Å². The summed E-state index contributed by atoms with van der Waals surface area (Å²) in [5.41, 5.74) is -0.0544. The molecule has 1 saturated carbocycles. The van der Waals surface area contributed by atoms with Crippen molar-refractivity contribution in [2.45, 2.75) is 31.7 Å². The average molecular weight is 305 g/mol. The smallest absolute Gasteiger partial charge is 0.271 e. The summed E-state index contributed by atoms with van der Waals surface area (Å²) in [6.45, 7) is 1.82. The number of nitrogens with zero attached hydrogens (tertiary/aromatic N) is 2. The third kappa shape index (κ3) is 3.04. The molecule has 1 aliphatic heterocycles. The highest BCUT2D eigenvalue weighted by molar-refractivity contribution is 5.96. The van der Waals surface area contributed by atoms with Crippen LogP contribution in [0.4, 0.5) is 11.4 Å². The summed E-state index contributed by atoms with van der Waals surface area (Å²) in [7, 11) is 0. The largest absolute Gasteiger partial charge is 0.506 e. The highest BCUT2D eigenvalue weighted by Gasteiger charge is 2.41. The van der Waals surface area contributed by atoms with Gasteiger partial charge in [-0.05, 0) is 50.8 Å². The molecule has 1 unspecified atom stereocenters. The Morgan fingerprint density at radius 2 is 2.05 bits per heavy atom. The minimum atomic E-state index is -0.548. The van der Waals surface area contributed by atoms with Gasteiger partial charge < -0.3 is 10.4 Å². The van der Waals surface area contributed by atoms with E-state index in [0.717, 1.165) is 38.8 Å². The summed E-state index contributed by atoms with van der Waals surface area (Å²) in [6.07, 6.45) is 4.27. The van der Waals surface area contributed by atoms with Crippen LogP contribution in [0.5, 0.6) is 5.75 Å². The normalized spacial score (nSPS) is 19.8. The first-order valence-electron chi connectivity index (χ1n) is 7.58. The molecule has 1 aromatic carbocycles. The van der Waals surface area contributed by atoms with E-state index in [4.69, 9.17) is 0 Å². The van der Waals surface area contributed by atoms with E-state index < -0.39 is 4.92 Å². The van der Waals surface area contributed by atoms with Gasteiger partial charge in [-0.1, -0.05) is 0 Å². The standard InChI is InChI=1S/C15H19N3O4/c19-13-6-5-11(18(21)22)9-12(13)16-15(20)14(10-3-4-10)17-7-1-2-8-17/h5-6,9-10,14,19H,1-4,7-8H2,(H,16,20). The van der Waals surface area contributed by atoms with E-state index in [-0.39, 0.29) is 29.1 Å². The lowest BCUT2D eigenvalue weighted by Crippen LogP contribution is -2.44. The van der Waals surface area contributed by atoms with E-state index >= 15 is 0 Å². The van der Waals surface area contributed by atoms with Crippen LogP contribution in [-0.4, -0.2) is 40.0 Å². The Bertz CT molecular complexity index is 594. The Kier molecular flexibility index (Phi) is 3.98. The van der Waals surface area contributed by atoms with Crippen molar-refractivity contribution in [3.8, 4) is 5.75 Å². The van der Waals surface area contributed by atoms with E-state index in [2.05, 4.69) is 10.2 Å². The van der Waals surface area contributed by atoms with Crippen molar-refractivity contribution in [3.63, 3.8) is 0 Å². The maximum absolute atomic E-state index is 12.6. The predicted molar refractivity (Wildman–Crippen MR) is 80.7 cm³/mol. The molecule has 2 N–H and O–H groups in total. The van der Waals surface area contributed by atoms with Crippen LogP contribution < -0.4 is 5.32 Å². The zero-order valence-electron chi connectivity index (χ0n) is 12.2. The molecule has 7 heteroatoms. The number of aromatic hydroxyl groups is 1. The fourth-order valence-electron chi connectivity index (χ4n) is 3.05. The lowest BCUT2D eigenvalue weighted by Gasteiger charge is -2.26. The second-order valence-corrected chi connectivity index (χ2v) is 5.97. The maximum Gasteiger partial charge on any atom is 0.271 e. The highest BCUT2D eigenvalue weighted by Crippen LogP contribution is 2.38. The number of anilines is 1. The third-order valence-corrected chi connectivity index (χ3v) is 4.32. The van der Waals surface area contributed by atoms with E-state index in [9.17, 15) is 20.0 Å². The summed E-state index contributed by atoms with van der Waals surface area (Å²) in [4.78, 5) is 25.0. The van der Waals surface area contributed by atoms with Crippen LogP contribution in [0.1, 0.15) is 25.7 Å². The SMILES string of the molecule is O=C(Nc1cc([N+](=O)[O-])ccc1O)C(C1CC1)N1CCCC1. The molecule has 1 atom stereocenters. The molecule has 1 aliphatic carbocycles. The number of phenols is 1. The number of likely N-dealkylation sites (tertiary alicyclic amines) is 1. The van der Waals surface area contributed by atoms with Gasteiger partial charge in [-0.25, -0.2) is 0 Å². The van der Waals surface area contributed by atoms with Crippen LogP contribution in [0.3, 0.4) is 0 Å². The van der Waals surface area contributed by atoms with Crippen molar-refractivity contribution in [3.05, 3.63) is 28.3 Å². The van der Waals surface area contributed by atoms with Crippen molar-refractivity contribution in [2.24, 2.45) is 5.92 Å². The summed E-state index contributed by atoms with van der Waals surface area (Å²) in [5, 5.41) is 23.3. The number of hydrogen-bond donors (Lipinski definition) is 2. The molecule has 22 heavy (non-hydrogen) atoms. The summed E-state index contributed by atoms with van der Waals surface area (Å²) in [5.74, 6) is 0.0223. The quantitative estimate of drug-likeness (QED) is 0.493. The van der Waals surface area contributed by atoms with Crippen LogP contribution in [0.15, 0.2) is 18.2 Å². The number of rotatable bonds is 5. The van der Waals surface area contributed by atoms with Gasteiger partial charge in [0.25, 0.3) is 5.69 Å². The number of non-ortho nitro benzene ring substituents is 1. The van der Waals surface area contributed by atoms with Crippen molar-refractivity contribution < 1.29 is 14.8 Å². The number of phenolic OH excluding ortho intramolecular Hbond substituents is 1. The number of nitro groups is 1. The zero-order valence-corrected chi connectivity index (χ0v) is 12.2. The van der Waals surface area contributed by atoms with Gasteiger partial charge in [0.15, 0.2) is 0 Å². The van der Waals surface area contributed by atoms with Gasteiger partial charge in [0, 0.05) is 12.1 Å². The predicted octanol–water partition coefficient (Wildman–Crippen LogP) is 2.11.